The standard InChI is InChI=1S/C23H33ClO6/c1-10-12-21(5,6)18(25)28-14-23(9,20(27)30-17(24)16(3)4)15-29-19(26)22(7,8)13-11-2/h1-2,16-17H,12-15H2,3-9H3. The van der Waals surface area contributed by atoms with Crippen LogP contribution in [0.5, 0.6) is 0 Å². The van der Waals surface area contributed by atoms with E-state index in [4.69, 9.17) is 38.7 Å². The summed E-state index contributed by atoms with van der Waals surface area (Å²) in [4.78, 5) is 37.6. The summed E-state index contributed by atoms with van der Waals surface area (Å²) in [5.74, 6) is 2.79. The topological polar surface area (TPSA) is 78.9 Å². The number of halogens is 1. The number of ether oxygens (including phenoxy) is 3. The van der Waals surface area contributed by atoms with Gasteiger partial charge in [0, 0.05) is 18.8 Å². The van der Waals surface area contributed by atoms with Crippen LogP contribution in [-0.2, 0) is 28.6 Å². The molecular formula is C23H33ClO6. The van der Waals surface area contributed by atoms with E-state index in [1.54, 1.807) is 41.5 Å². The predicted octanol–water partition coefficient (Wildman–Crippen LogP) is 3.94. The molecule has 0 heterocycles. The fourth-order valence-corrected chi connectivity index (χ4v) is 2.12. The second-order valence-corrected chi connectivity index (χ2v) is 9.67. The van der Waals surface area contributed by atoms with E-state index < -0.39 is 39.7 Å². The van der Waals surface area contributed by atoms with Crippen molar-refractivity contribution in [3.8, 4) is 24.7 Å². The Morgan fingerprint density at radius 1 is 0.833 bits per heavy atom. The molecule has 0 aromatic carbocycles. The minimum atomic E-state index is -1.47. The third kappa shape index (κ3) is 8.28. The van der Waals surface area contributed by atoms with Crippen molar-refractivity contribution >= 4 is 29.5 Å². The van der Waals surface area contributed by atoms with Crippen molar-refractivity contribution in [2.24, 2.45) is 22.2 Å². The van der Waals surface area contributed by atoms with Gasteiger partial charge in [0.25, 0.3) is 0 Å². The first-order valence-corrected chi connectivity index (χ1v) is 10.1. The van der Waals surface area contributed by atoms with Crippen LogP contribution in [0.25, 0.3) is 0 Å². The molecule has 168 valence electrons. The van der Waals surface area contributed by atoms with Crippen molar-refractivity contribution in [2.75, 3.05) is 13.2 Å². The number of rotatable bonds is 11. The zero-order valence-electron chi connectivity index (χ0n) is 19.0. The summed E-state index contributed by atoms with van der Waals surface area (Å²) in [6.45, 7) is 10.9. The Morgan fingerprint density at radius 3 is 1.50 bits per heavy atom. The lowest BCUT2D eigenvalue weighted by atomic mass is 9.88. The molecule has 0 saturated carbocycles. The van der Waals surface area contributed by atoms with Crippen molar-refractivity contribution in [2.45, 2.75) is 66.9 Å². The molecule has 1 atom stereocenters. The fraction of sp³-hybridized carbons (Fsp3) is 0.696. The fourth-order valence-electron chi connectivity index (χ4n) is 2.04. The maximum atomic E-state index is 12.8. The normalized spacial score (nSPS) is 13.0. The van der Waals surface area contributed by atoms with E-state index in [0.29, 0.717) is 0 Å². The molecule has 0 fully saturated rings. The van der Waals surface area contributed by atoms with Gasteiger partial charge in [-0.3, -0.25) is 14.4 Å². The summed E-state index contributed by atoms with van der Waals surface area (Å²) in [7, 11) is 0. The number of hydrogen-bond acceptors (Lipinski definition) is 6. The van der Waals surface area contributed by atoms with Crippen LogP contribution in [-0.4, -0.2) is 36.7 Å². The molecule has 0 amide bonds. The van der Waals surface area contributed by atoms with Crippen LogP contribution in [0.1, 0.15) is 61.3 Å². The van der Waals surface area contributed by atoms with E-state index in [1.165, 1.54) is 6.92 Å². The highest BCUT2D eigenvalue weighted by Gasteiger charge is 2.42. The highest BCUT2D eigenvalue weighted by molar-refractivity contribution is 6.20. The maximum Gasteiger partial charge on any atom is 0.320 e. The number of alkyl halides is 1. The van der Waals surface area contributed by atoms with E-state index in [9.17, 15) is 14.4 Å². The molecule has 0 aliphatic heterocycles. The Balaban J connectivity index is 5.48. The molecule has 0 aliphatic carbocycles. The third-order valence-corrected chi connectivity index (χ3v) is 5.07. The third-order valence-electron chi connectivity index (χ3n) is 4.47. The van der Waals surface area contributed by atoms with E-state index >= 15 is 0 Å². The van der Waals surface area contributed by atoms with E-state index in [2.05, 4.69) is 11.8 Å². The van der Waals surface area contributed by atoms with E-state index in [1.807, 2.05) is 0 Å². The summed E-state index contributed by atoms with van der Waals surface area (Å²) < 4.78 is 16.0. The number of carbonyl (C=O) groups is 3. The number of hydrogen-bond donors (Lipinski definition) is 0. The Labute approximate surface area is 185 Å². The van der Waals surface area contributed by atoms with Gasteiger partial charge >= 0.3 is 17.9 Å². The van der Waals surface area contributed by atoms with Gasteiger partial charge < -0.3 is 14.2 Å². The van der Waals surface area contributed by atoms with Gasteiger partial charge in [0.1, 0.15) is 18.6 Å². The predicted molar refractivity (Wildman–Crippen MR) is 115 cm³/mol. The van der Waals surface area contributed by atoms with Gasteiger partial charge in [-0.15, -0.1) is 24.7 Å². The van der Waals surface area contributed by atoms with Crippen molar-refractivity contribution in [3.63, 3.8) is 0 Å². The van der Waals surface area contributed by atoms with Gasteiger partial charge in [-0.1, -0.05) is 25.4 Å². The first-order chi connectivity index (χ1) is 13.6. The monoisotopic (exact) mass is 440 g/mol. The van der Waals surface area contributed by atoms with Gasteiger partial charge in [0.05, 0.1) is 10.8 Å². The van der Waals surface area contributed by atoms with Crippen molar-refractivity contribution < 1.29 is 28.6 Å². The summed E-state index contributed by atoms with van der Waals surface area (Å²) >= 11 is 6.07. The first-order valence-electron chi connectivity index (χ1n) is 9.69. The van der Waals surface area contributed by atoms with Crippen molar-refractivity contribution in [3.05, 3.63) is 0 Å². The Morgan fingerprint density at radius 2 is 1.20 bits per heavy atom. The number of terminal acetylenes is 2. The number of esters is 3. The van der Waals surface area contributed by atoms with Crippen LogP contribution in [0.4, 0.5) is 0 Å². The molecule has 0 saturated heterocycles. The molecule has 0 aliphatic rings. The minimum absolute atomic E-state index is 0.144. The minimum Gasteiger partial charge on any atom is -0.464 e. The Hall–Kier alpha value is -2.18. The lowest BCUT2D eigenvalue weighted by molar-refractivity contribution is -0.177. The molecule has 30 heavy (non-hydrogen) atoms. The summed E-state index contributed by atoms with van der Waals surface area (Å²) in [5.41, 5.74) is -4.22. The molecule has 0 aromatic heterocycles. The SMILES string of the molecule is C#CCC(C)(C)C(=O)OCC(C)(COC(=O)C(C)(C)CC#C)C(=O)OC(Cl)C(C)C. The van der Waals surface area contributed by atoms with E-state index in [0.717, 1.165) is 0 Å². The average molecular weight is 441 g/mol. The summed E-state index contributed by atoms with van der Waals surface area (Å²) in [6, 6.07) is 0. The number of carbonyl (C=O) groups excluding carboxylic acids is 3. The van der Waals surface area contributed by atoms with Gasteiger partial charge in [0.15, 0.2) is 5.56 Å². The smallest absolute Gasteiger partial charge is 0.320 e. The molecule has 0 bridgehead atoms. The van der Waals surface area contributed by atoms with Crippen LogP contribution in [0, 0.1) is 46.9 Å². The molecular weight excluding hydrogens is 408 g/mol. The molecule has 1 unspecified atom stereocenters. The van der Waals surface area contributed by atoms with Gasteiger partial charge in [-0.25, -0.2) is 0 Å². The van der Waals surface area contributed by atoms with Gasteiger partial charge in [-0.2, -0.15) is 0 Å². The molecule has 0 aromatic rings. The highest BCUT2D eigenvalue weighted by atomic mass is 35.5. The van der Waals surface area contributed by atoms with E-state index in [-0.39, 0.29) is 32.0 Å². The van der Waals surface area contributed by atoms with Crippen LogP contribution in [0.2, 0.25) is 0 Å². The van der Waals surface area contributed by atoms with Gasteiger partial charge in [0.2, 0.25) is 0 Å². The summed E-state index contributed by atoms with van der Waals surface area (Å²) in [5, 5.41) is 0. The summed E-state index contributed by atoms with van der Waals surface area (Å²) in [6.07, 6.45) is 10.9. The quantitative estimate of drug-likeness (QED) is 0.209. The molecule has 0 rings (SSSR count). The molecule has 7 heteroatoms. The molecule has 0 spiro atoms. The maximum absolute atomic E-state index is 12.8. The lowest BCUT2D eigenvalue weighted by Crippen LogP contribution is -2.44. The zero-order chi connectivity index (χ0) is 23.8. The second-order valence-electron chi connectivity index (χ2n) is 9.24. The molecule has 6 nitrogen and oxygen atoms in total. The zero-order valence-corrected chi connectivity index (χ0v) is 19.7. The van der Waals surface area contributed by atoms with Crippen LogP contribution >= 0.6 is 11.6 Å². The average Bonchev–Trinajstić information content (AvgIpc) is 2.63. The second kappa shape index (κ2) is 11.3. The Kier molecular flexibility index (Phi) is 10.5. The van der Waals surface area contributed by atoms with Crippen LogP contribution in [0.3, 0.4) is 0 Å². The van der Waals surface area contributed by atoms with Gasteiger partial charge in [-0.05, 0) is 34.6 Å². The first kappa shape index (κ1) is 27.8. The van der Waals surface area contributed by atoms with Crippen LogP contribution in [0.15, 0.2) is 0 Å². The van der Waals surface area contributed by atoms with Crippen LogP contribution < -0.4 is 0 Å². The molecule has 0 N–H and O–H groups in total. The molecule has 0 radical (unpaired) electrons. The largest absolute Gasteiger partial charge is 0.464 e. The van der Waals surface area contributed by atoms with Crippen molar-refractivity contribution in [1.29, 1.82) is 0 Å². The van der Waals surface area contributed by atoms with Crippen molar-refractivity contribution in [1.82, 2.24) is 0 Å². The lowest BCUT2D eigenvalue weighted by Gasteiger charge is -2.31. The highest BCUT2D eigenvalue weighted by Crippen LogP contribution is 2.29. The Bertz CT molecular complexity index is 664.